The van der Waals surface area contributed by atoms with Crippen molar-refractivity contribution >= 4 is 17.7 Å². The predicted octanol–water partition coefficient (Wildman–Crippen LogP) is 4.66. The molecule has 8 heteroatoms. The molecule has 2 aliphatic rings. The van der Waals surface area contributed by atoms with Crippen molar-refractivity contribution < 1.29 is 24.6 Å². The van der Waals surface area contributed by atoms with E-state index in [2.05, 4.69) is 12.1 Å². The van der Waals surface area contributed by atoms with E-state index in [4.69, 9.17) is 0 Å². The van der Waals surface area contributed by atoms with Crippen molar-refractivity contribution in [2.75, 3.05) is 33.7 Å². The minimum absolute atomic E-state index is 0.00891. The van der Waals surface area contributed by atoms with Crippen molar-refractivity contribution in [1.82, 2.24) is 14.7 Å². The lowest BCUT2D eigenvalue weighted by Crippen LogP contribution is -2.53. The van der Waals surface area contributed by atoms with Crippen molar-refractivity contribution in [3.8, 4) is 0 Å². The van der Waals surface area contributed by atoms with E-state index in [1.54, 1.807) is 19.0 Å². The van der Waals surface area contributed by atoms with Crippen LogP contribution in [0, 0.1) is 17.8 Å². The molecule has 0 bridgehead atoms. The lowest BCUT2D eigenvalue weighted by Gasteiger charge is -2.40. The van der Waals surface area contributed by atoms with E-state index in [0.29, 0.717) is 37.8 Å². The van der Waals surface area contributed by atoms with Gasteiger partial charge in [0.05, 0.1) is 18.7 Å². The Hall–Kier alpha value is -2.45. The first-order chi connectivity index (χ1) is 20.5. The molecule has 0 aliphatic heterocycles. The van der Waals surface area contributed by atoms with Crippen LogP contribution in [0.15, 0.2) is 30.3 Å². The first-order valence-corrected chi connectivity index (χ1v) is 16.7. The van der Waals surface area contributed by atoms with Gasteiger partial charge in [-0.2, -0.15) is 0 Å². The van der Waals surface area contributed by atoms with Crippen LogP contribution in [-0.4, -0.2) is 94.6 Å². The smallest absolute Gasteiger partial charge is 0.241 e. The highest BCUT2D eigenvalue weighted by Gasteiger charge is 2.38. The summed E-state index contributed by atoms with van der Waals surface area (Å²) >= 11 is 0. The Labute approximate surface area is 259 Å². The molecule has 2 fully saturated rings. The van der Waals surface area contributed by atoms with E-state index in [9.17, 15) is 24.6 Å². The number of aryl methyl sites for hydroxylation is 1. The minimum atomic E-state index is -1.02. The molecule has 3 rings (SSSR count). The zero-order valence-electron chi connectivity index (χ0n) is 27.1. The summed E-state index contributed by atoms with van der Waals surface area (Å²) in [4.78, 5) is 44.8. The first-order valence-electron chi connectivity index (χ1n) is 16.7. The number of aliphatic hydroxyl groups excluding tert-OH is 2. The Balaban J connectivity index is 1.70. The molecule has 2 aliphatic carbocycles. The highest BCUT2D eigenvalue weighted by atomic mass is 16.3. The van der Waals surface area contributed by atoms with Gasteiger partial charge in [0.25, 0.3) is 0 Å². The number of hydrogen-bond donors (Lipinski definition) is 2. The van der Waals surface area contributed by atoms with E-state index in [0.717, 1.165) is 38.5 Å². The van der Waals surface area contributed by atoms with E-state index in [1.165, 1.54) is 29.7 Å². The summed E-state index contributed by atoms with van der Waals surface area (Å²) in [6, 6.07) is 9.61. The number of nitrogens with zero attached hydrogens (tertiary/aromatic N) is 3. The van der Waals surface area contributed by atoms with Gasteiger partial charge in [-0.15, -0.1) is 0 Å². The van der Waals surface area contributed by atoms with Crippen LogP contribution < -0.4 is 0 Å². The van der Waals surface area contributed by atoms with Gasteiger partial charge in [0.1, 0.15) is 6.10 Å². The number of carbonyl (C=O) groups excluding carboxylic acids is 3. The fourth-order valence-electron chi connectivity index (χ4n) is 6.33. The van der Waals surface area contributed by atoms with Gasteiger partial charge in [-0.1, -0.05) is 76.3 Å². The van der Waals surface area contributed by atoms with Crippen LogP contribution in [-0.2, 0) is 20.8 Å². The zero-order chi connectivity index (χ0) is 31.4. The summed E-state index contributed by atoms with van der Waals surface area (Å²) in [5.74, 6) is 0.572. The van der Waals surface area contributed by atoms with Crippen LogP contribution in [0.25, 0.3) is 0 Å². The van der Waals surface area contributed by atoms with E-state index in [1.807, 2.05) is 36.9 Å². The highest BCUT2D eigenvalue weighted by molar-refractivity contribution is 5.87. The molecule has 3 amide bonds. The molecule has 2 N–H and O–H groups in total. The maximum Gasteiger partial charge on any atom is 0.241 e. The number of carbonyl (C=O) groups is 3. The van der Waals surface area contributed by atoms with E-state index in [-0.39, 0.29) is 43.0 Å². The fourth-order valence-corrected chi connectivity index (χ4v) is 6.33. The number of aliphatic hydroxyl groups is 2. The third-order valence-electron chi connectivity index (χ3n) is 9.14. The van der Waals surface area contributed by atoms with Gasteiger partial charge in [0.15, 0.2) is 0 Å². The molecule has 0 unspecified atom stereocenters. The maximum absolute atomic E-state index is 13.9. The molecule has 1 aromatic rings. The van der Waals surface area contributed by atoms with Crippen molar-refractivity contribution in [1.29, 1.82) is 0 Å². The summed E-state index contributed by atoms with van der Waals surface area (Å²) in [7, 11) is 3.36. The lowest BCUT2D eigenvalue weighted by molar-refractivity contribution is -0.144. The third kappa shape index (κ3) is 12.2. The lowest BCUT2D eigenvalue weighted by atomic mass is 9.81. The molecule has 0 saturated heterocycles. The Bertz CT molecular complexity index is 990. The Morgan fingerprint density at radius 3 is 2.12 bits per heavy atom. The Kier molecular flexibility index (Phi) is 14.5. The van der Waals surface area contributed by atoms with Crippen LogP contribution in [0.1, 0.15) is 96.5 Å². The Morgan fingerprint density at radius 2 is 1.51 bits per heavy atom. The van der Waals surface area contributed by atoms with Crippen LogP contribution in [0.5, 0.6) is 0 Å². The molecule has 242 valence electrons. The molecule has 0 radical (unpaired) electrons. The second-order valence-corrected chi connectivity index (χ2v) is 13.7. The summed E-state index contributed by atoms with van der Waals surface area (Å²) in [5, 5.41) is 22.4. The molecule has 0 aromatic heterocycles. The highest BCUT2D eigenvalue weighted by Crippen LogP contribution is 2.35. The average molecular weight is 600 g/mol. The third-order valence-corrected chi connectivity index (χ3v) is 9.14. The average Bonchev–Trinajstić information content (AvgIpc) is 3.81. The molecule has 2 saturated carbocycles. The number of likely N-dealkylation sites (N-methyl/N-ethyl adjacent to an activating group) is 1. The molecule has 3 atom stereocenters. The predicted molar refractivity (Wildman–Crippen MR) is 170 cm³/mol. The van der Waals surface area contributed by atoms with Gasteiger partial charge in [0.2, 0.25) is 17.7 Å². The molecule has 0 spiro atoms. The van der Waals surface area contributed by atoms with Crippen LogP contribution in [0.3, 0.4) is 0 Å². The van der Waals surface area contributed by atoms with Crippen molar-refractivity contribution in [3.63, 3.8) is 0 Å². The number of amides is 3. The fraction of sp³-hybridized carbons (Fsp3) is 0.743. The molecule has 43 heavy (non-hydrogen) atoms. The monoisotopic (exact) mass is 599 g/mol. The second-order valence-electron chi connectivity index (χ2n) is 13.7. The van der Waals surface area contributed by atoms with E-state index >= 15 is 0 Å². The molecule has 1 aromatic carbocycles. The molecule has 8 nitrogen and oxygen atoms in total. The Morgan fingerprint density at radius 1 is 0.860 bits per heavy atom. The molecular formula is C35H57N3O5. The minimum Gasteiger partial charge on any atom is -0.390 e. The molecular weight excluding hydrogens is 542 g/mol. The van der Waals surface area contributed by atoms with Gasteiger partial charge in [-0.25, -0.2) is 0 Å². The summed E-state index contributed by atoms with van der Waals surface area (Å²) in [5.41, 5.74) is 1.18. The molecule has 0 heterocycles. The zero-order valence-corrected chi connectivity index (χ0v) is 27.1. The number of rotatable bonds is 18. The largest absolute Gasteiger partial charge is 0.390 e. The first kappa shape index (κ1) is 35.0. The van der Waals surface area contributed by atoms with Gasteiger partial charge in [-0.3, -0.25) is 14.4 Å². The maximum atomic E-state index is 13.9. The summed E-state index contributed by atoms with van der Waals surface area (Å²) < 4.78 is 0. The van der Waals surface area contributed by atoms with Crippen molar-refractivity contribution in [2.45, 2.75) is 116 Å². The topological polar surface area (TPSA) is 101 Å². The van der Waals surface area contributed by atoms with Gasteiger partial charge < -0.3 is 24.9 Å². The van der Waals surface area contributed by atoms with Gasteiger partial charge >= 0.3 is 0 Å². The quantitative estimate of drug-likeness (QED) is 0.256. The van der Waals surface area contributed by atoms with Crippen molar-refractivity contribution in [3.05, 3.63) is 35.9 Å². The summed E-state index contributed by atoms with van der Waals surface area (Å²) in [6.45, 7) is 5.05. The summed E-state index contributed by atoms with van der Waals surface area (Å²) in [6.07, 6.45) is 8.68. The van der Waals surface area contributed by atoms with Crippen LogP contribution >= 0.6 is 0 Å². The van der Waals surface area contributed by atoms with Gasteiger partial charge in [0, 0.05) is 40.0 Å². The standard InChI is InChI=1S/C35H57N3O5/c1-26(2)22-31(39)35(43)30(23-28-14-9-6-10-15-28)38(24-29-17-18-29)33(41)20-19-32(40)37(25-34(42)36(3)4)21-11-16-27-12-7-5-8-13-27/h5,7-8,12-13,26,28-31,35,39,43H,6,9-11,14-25H2,1-4H3/t30-,31-,35+/m0/s1. The number of hydrogen-bond acceptors (Lipinski definition) is 5. The number of benzene rings is 1. The second kappa shape index (κ2) is 17.7. The normalized spacial score (nSPS) is 17.7. The van der Waals surface area contributed by atoms with Crippen LogP contribution in [0.2, 0.25) is 0 Å². The SMILES string of the molecule is CC(C)C[C@H](O)[C@H](O)[C@H](CC1CCCCC1)N(CC1CC1)C(=O)CCC(=O)N(CCCc1ccccc1)CC(=O)N(C)C. The van der Waals surface area contributed by atoms with Crippen molar-refractivity contribution in [2.24, 2.45) is 17.8 Å². The van der Waals surface area contributed by atoms with E-state index < -0.39 is 18.2 Å². The van der Waals surface area contributed by atoms with Gasteiger partial charge in [-0.05, 0) is 61.8 Å². The van der Waals surface area contributed by atoms with Crippen LogP contribution in [0.4, 0.5) is 0 Å².